The average Bonchev–Trinajstić information content (AvgIpc) is 2.31. The van der Waals surface area contributed by atoms with Crippen LogP contribution in [0, 0.1) is 0 Å². The van der Waals surface area contributed by atoms with Crippen LogP contribution in [-0.2, 0) is 4.79 Å². The Bertz CT molecular complexity index is 362. The van der Waals surface area contributed by atoms with Gasteiger partial charge in [-0.15, -0.1) is 0 Å². The zero-order valence-electron chi connectivity index (χ0n) is 9.40. The van der Waals surface area contributed by atoms with Crippen LogP contribution in [0.5, 0.6) is 5.75 Å². The Morgan fingerprint density at radius 1 is 1.38 bits per heavy atom. The molecular formula is C12H16N2O2. The molecule has 0 aliphatic carbocycles. The molecule has 4 nitrogen and oxygen atoms in total. The minimum absolute atomic E-state index is 0.121. The minimum Gasteiger partial charge on any atom is -0.494 e. The van der Waals surface area contributed by atoms with Crippen LogP contribution >= 0.6 is 0 Å². The Balaban J connectivity index is 2.11. The normalized spacial score (nSPS) is 16.3. The van der Waals surface area contributed by atoms with Crippen molar-refractivity contribution in [3.8, 4) is 5.75 Å². The van der Waals surface area contributed by atoms with Gasteiger partial charge >= 0.3 is 0 Å². The third-order valence-corrected chi connectivity index (χ3v) is 2.55. The van der Waals surface area contributed by atoms with E-state index in [0.717, 1.165) is 24.5 Å². The molecule has 1 amide bonds. The van der Waals surface area contributed by atoms with Gasteiger partial charge in [-0.25, -0.2) is 0 Å². The van der Waals surface area contributed by atoms with Crippen molar-refractivity contribution in [3.63, 3.8) is 0 Å². The molecule has 1 aromatic rings. The van der Waals surface area contributed by atoms with Gasteiger partial charge in [-0.3, -0.25) is 4.79 Å². The van der Waals surface area contributed by atoms with E-state index in [2.05, 4.69) is 5.32 Å². The molecule has 1 N–H and O–H groups in total. The molecule has 1 aliphatic rings. The lowest BCUT2D eigenvalue weighted by atomic mass is 10.2. The van der Waals surface area contributed by atoms with E-state index in [0.29, 0.717) is 13.2 Å². The highest BCUT2D eigenvalue weighted by molar-refractivity contribution is 5.95. The van der Waals surface area contributed by atoms with Crippen LogP contribution in [0.1, 0.15) is 6.92 Å². The number of anilines is 1. The van der Waals surface area contributed by atoms with Crippen molar-refractivity contribution in [2.24, 2.45) is 0 Å². The molecule has 1 aliphatic heterocycles. The third-order valence-electron chi connectivity index (χ3n) is 2.55. The molecule has 4 heteroatoms. The minimum atomic E-state index is 0.121. The zero-order valence-corrected chi connectivity index (χ0v) is 9.40. The predicted molar refractivity (Wildman–Crippen MR) is 62.8 cm³/mol. The molecule has 16 heavy (non-hydrogen) atoms. The van der Waals surface area contributed by atoms with Gasteiger partial charge in [0.25, 0.3) is 0 Å². The first-order chi connectivity index (χ1) is 7.81. The molecule has 0 spiro atoms. The number of carbonyl (C=O) groups is 1. The molecular weight excluding hydrogens is 204 g/mol. The second-order valence-electron chi connectivity index (χ2n) is 3.65. The van der Waals surface area contributed by atoms with Crippen LogP contribution in [0.3, 0.4) is 0 Å². The standard InChI is InChI=1S/C12H16N2O2/c1-2-16-11-5-3-10(4-6-11)14-8-7-13-9-12(14)15/h3-6,13H,2,7-9H2,1H3. The summed E-state index contributed by atoms with van der Waals surface area (Å²) >= 11 is 0. The summed E-state index contributed by atoms with van der Waals surface area (Å²) < 4.78 is 5.36. The molecule has 1 saturated heterocycles. The van der Waals surface area contributed by atoms with Crippen molar-refractivity contribution < 1.29 is 9.53 Å². The fraction of sp³-hybridized carbons (Fsp3) is 0.417. The van der Waals surface area contributed by atoms with Gasteiger partial charge in [0.05, 0.1) is 13.2 Å². The zero-order chi connectivity index (χ0) is 11.4. The average molecular weight is 220 g/mol. The van der Waals surface area contributed by atoms with Crippen LogP contribution in [0.25, 0.3) is 0 Å². The molecule has 1 fully saturated rings. The van der Waals surface area contributed by atoms with Crippen LogP contribution in [0.4, 0.5) is 5.69 Å². The summed E-state index contributed by atoms with van der Waals surface area (Å²) in [6.45, 7) is 4.61. The molecule has 0 aromatic heterocycles. The van der Waals surface area contributed by atoms with Crippen LogP contribution in [0.2, 0.25) is 0 Å². The lowest BCUT2D eigenvalue weighted by molar-refractivity contribution is -0.118. The fourth-order valence-corrected chi connectivity index (χ4v) is 1.77. The number of hydrogen-bond donors (Lipinski definition) is 1. The van der Waals surface area contributed by atoms with Gasteiger partial charge in [0, 0.05) is 18.8 Å². The Kier molecular flexibility index (Phi) is 3.41. The third kappa shape index (κ3) is 2.33. The number of hydrogen-bond acceptors (Lipinski definition) is 3. The number of nitrogens with one attached hydrogen (secondary N) is 1. The molecule has 1 aromatic carbocycles. The Hall–Kier alpha value is -1.55. The van der Waals surface area contributed by atoms with Crippen LogP contribution in [0.15, 0.2) is 24.3 Å². The molecule has 0 radical (unpaired) electrons. The van der Waals surface area contributed by atoms with Crippen molar-refractivity contribution in [2.75, 3.05) is 31.1 Å². The lowest BCUT2D eigenvalue weighted by Crippen LogP contribution is -2.48. The molecule has 1 heterocycles. The Labute approximate surface area is 95.2 Å². The van der Waals surface area contributed by atoms with Gasteiger partial charge < -0.3 is 15.0 Å². The van der Waals surface area contributed by atoms with Crippen molar-refractivity contribution in [1.82, 2.24) is 5.32 Å². The van der Waals surface area contributed by atoms with E-state index < -0.39 is 0 Å². The first-order valence-corrected chi connectivity index (χ1v) is 5.55. The predicted octanol–water partition coefficient (Wildman–Crippen LogP) is 1.02. The summed E-state index contributed by atoms with van der Waals surface area (Å²) in [5, 5.41) is 3.05. The number of carbonyl (C=O) groups excluding carboxylic acids is 1. The first kappa shape index (κ1) is 11.0. The van der Waals surface area contributed by atoms with E-state index in [4.69, 9.17) is 4.74 Å². The molecule has 0 saturated carbocycles. The summed E-state index contributed by atoms with van der Waals surface area (Å²) in [5.74, 6) is 0.962. The quantitative estimate of drug-likeness (QED) is 0.827. The van der Waals surface area contributed by atoms with E-state index in [1.54, 1.807) is 4.90 Å². The molecule has 2 rings (SSSR count). The van der Waals surface area contributed by atoms with Gasteiger partial charge in [-0.1, -0.05) is 0 Å². The molecule has 0 atom stereocenters. The number of amides is 1. The van der Waals surface area contributed by atoms with Gasteiger partial charge in [0.15, 0.2) is 0 Å². The monoisotopic (exact) mass is 220 g/mol. The van der Waals surface area contributed by atoms with Crippen molar-refractivity contribution >= 4 is 11.6 Å². The van der Waals surface area contributed by atoms with Gasteiger partial charge in [-0.05, 0) is 31.2 Å². The summed E-state index contributed by atoms with van der Waals surface area (Å²) in [7, 11) is 0. The maximum absolute atomic E-state index is 11.6. The topological polar surface area (TPSA) is 41.6 Å². The Morgan fingerprint density at radius 3 is 2.75 bits per heavy atom. The van der Waals surface area contributed by atoms with Gasteiger partial charge in [0.2, 0.25) is 5.91 Å². The van der Waals surface area contributed by atoms with E-state index >= 15 is 0 Å². The van der Waals surface area contributed by atoms with Crippen LogP contribution in [-0.4, -0.2) is 32.1 Å². The fourth-order valence-electron chi connectivity index (χ4n) is 1.77. The largest absolute Gasteiger partial charge is 0.494 e. The SMILES string of the molecule is CCOc1ccc(N2CCNCC2=O)cc1. The maximum Gasteiger partial charge on any atom is 0.240 e. The van der Waals surface area contributed by atoms with E-state index in [-0.39, 0.29) is 5.91 Å². The molecule has 86 valence electrons. The van der Waals surface area contributed by atoms with Crippen molar-refractivity contribution in [3.05, 3.63) is 24.3 Å². The second kappa shape index (κ2) is 4.99. The number of rotatable bonds is 3. The number of piperazine rings is 1. The molecule has 0 bridgehead atoms. The second-order valence-corrected chi connectivity index (χ2v) is 3.65. The summed E-state index contributed by atoms with van der Waals surface area (Å²) in [6, 6.07) is 7.64. The summed E-state index contributed by atoms with van der Waals surface area (Å²) in [4.78, 5) is 13.4. The van der Waals surface area contributed by atoms with Crippen molar-refractivity contribution in [2.45, 2.75) is 6.92 Å². The van der Waals surface area contributed by atoms with Crippen molar-refractivity contribution in [1.29, 1.82) is 0 Å². The highest BCUT2D eigenvalue weighted by atomic mass is 16.5. The summed E-state index contributed by atoms with van der Waals surface area (Å²) in [5.41, 5.74) is 0.940. The summed E-state index contributed by atoms with van der Waals surface area (Å²) in [6.07, 6.45) is 0. The first-order valence-electron chi connectivity index (χ1n) is 5.55. The number of ether oxygens (including phenoxy) is 1. The van der Waals surface area contributed by atoms with Crippen LogP contribution < -0.4 is 15.0 Å². The maximum atomic E-state index is 11.6. The Morgan fingerprint density at radius 2 is 2.12 bits per heavy atom. The smallest absolute Gasteiger partial charge is 0.240 e. The molecule has 0 unspecified atom stereocenters. The number of benzene rings is 1. The number of nitrogens with zero attached hydrogens (tertiary/aromatic N) is 1. The highest BCUT2D eigenvalue weighted by Gasteiger charge is 2.18. The van der Waals surface area contributed by atoms with Gasteiger partial charge in [0.1, 0.15) is 5.75 Å². The van der Waals surface area contributed by atoms with E-state index in [1.807, 2.05) is 31.2 Å². The van der Waals surface area contributed by atoms with E-state index in [1.165, 1.54) is 0 Å². The lowest BCUT2D eigenvalue weighted by Gasteiger charge is -2.27. The van der Waals surface area contributed by atoms with E-state index in [9.17, 15) is 4.79 Å². The van der Waals surface area contributed by atoms with Gasteiger partial charge in [-0.2, -0.15) is 0 Å². The highest BCUT2D eigenvalue weighted by Crippen LogP contribution is 2.20.